The first-order valence-electron chi connectivity index (χ1n) is 5.66. The van der Waals surface area contributed by atoms with Crippen molar-refractivity contribution in [2.24, 2.45) is 0 Å². The highest BCUT2D eigenvalue weighted by Gasteiger charge is 2.02. The molecule has 0 heterocycles. The number of carbonyl (C=O) groups is 1. The molecule has 0 fully saturated rings. The minimum atomic E-state index is -0.268. The topological polar surface area (TPSA) is 50.4 Å². The molecule has 0 aliphatic heterocycles. The molecule has 1 amide bonds. The van der Waals surface area contributed by atoms with E-state index in [-0.39, 0.29) is 12.5 Å². The van der Waals surface area contributed by atoms with Crippen molar-refractivity contribution < 1.29 is 9.53 Å². The molecule has 0 aromatic heterocycles. The second-order valence-electron chi connectivity index (χ2n) is 3.84. The van der Waals surface area contributed by atoms with Crippen LogP contribution in [0.4, 0.5) is 0 Å². The first-order chi connectivity index (χ1) is 9.19. The Morgan fingerprint density at radius 2 is 2.00 bits per heavy atom. The largest absolute Gasteiger partial charge is 0.484 e. The van der Waals surface area contributed by atoms with E-state index in [1.165, 1.54) is 6.20 Å². The Kier molecular flexibility index (Phi) is 4.41. The van der Waals surface area contributed by atoms with Crippen molar-refractivity contribution in [3.05, 3.63) is 53.6 Å². The van der Waals surface area contributed by atoms with Crippen LogP contribution in [0, 0.1) is 0 Å². The number of hydrogen-bond donors (Lipinski definition) is 2. The molecule has 0 atom stereocenters. The molecule has 0 bridgehead atoms. The summed E-state index contributed by atoms with van der Waals surface area (Å²) in [6.07, 6.45) is 1.38. The Morgan fingerprint density at radius 1 is 1.26 bits per heavy atom. The number of fused-ring (bicyclic) bond motifs is 1. The standard InChI is InChI=1S/C14H13BrN2O2/c1-2-16-17-14(18)9-19-13-6-4-10-7-12(15)5-3-11(10)8-13/h2-8,16H,1,9H2,(H,17,18). The van der Waals surface area contributed by atoms with E-state index in [9.17, 15) is 4.79 Å². The van der Waals surface area contributed by atoms with E-state index in [2.05, 4.69) is 33.4 Å². The van der Waals surface area contributed by atoms with Gasteiger partial charge in [0, 0.05) is 10.7 Å². The van der Waals surface area contributed by atoms with E-state index >= 15 is 0 Å². The van der Waals surface area contributed by atoms with Crippen LogP contribution >= 0.6 is 15.9 Å². The van der Waals surface area contributed by atoms with Gasteiger partial charge in [0.25, 0.3) is 5.91 Å². The average molecular weight is 321 g/mol. The molecule has 19 heavy (non-hydrogen) atoms. The summed E-state index contributed by atoms with van der Waals surface area (Å²) < 4.78 is 6.44. The summed E-state index contributed by atoms with van der Waals surface area (Å²) in [7, 11) is 0. The zero-order valence-electron chi connectivity index (χ0n) is 10.2. The lowest BCUT2D eigenvalue weighted by atomic mass is 10.1. The predicted octanol–water partition coefficient (Wildman–Crippen LogP) is 2.75. The molecule has 2 aromatic carbocycles. The van der Waals surface area contributed by atoms with Gasteiger partial charge in [0.2, 0.25) is 0 Å². The van der Waals surface area contributed by atoms with Gasteiger partial charge >= 0.3 is 0 Å². The second-order valence-corrected chi connectivity index (χ2v) is 4.75. The second kappa shape index (κ2) is 6.24. The lowest BCUT2D eigenvalue weighted by molar-refractivity contribution is -0.123. The lowest BCUT2D eigenvalue weighted by Crippen LogP contribution is -2.36. The van der Waals surface area contributed by atoms with Crippen LogP contribution in [0.25, 0.3) is 10.8 Å². The summed E-state index contributed by atoms with van der Waals surface area (Å²) >= 11 is 3.43. The zero-order valence-corrected chi connectivity index (χ0v) is 11.7. The molecule has 0 radical (unpaired) electrons. The molecule has 0 spiro atoms. The molecule has 2 rings (SSSR count). The van der Waals surface area contributed by atoms with Crippen LogP contribution < -0.4 is 15.6 Å². The van der Waals surface area contributed by atoms with Gasteiger partial charge < -0.3 is 10.2 Å². The molecule has 0 unspecified atom stereocenters. The number of ether oxygens (including phenoxy) is 1. The fourth-order valence-corrected chi connectivity index (χ4v) is 1.98. The third-order valence-electron chi connectivity index (χ3n) is 2.46. The lowest BCUT2D eigenvalue weighted by Gasteiger charge is -2.08. The molecule has 4 nitrogen and oxygen atoms in total. The minimum Gasteiger partial charge on any atom is -0.484 e. The Balaban J connectivity index is 2.03. The van der Waals surface area contributed by atoms with Crippen molar-refractivity contribution in [3.63, 3.8) is 0 Å². The molecule has 0 aliphatic rings. The molecular formula is C14H13BrN2O2. The first-order valence-corrected chi connectivity index (χ1v) is 6.46. The van der Waals surface area contributed by atoms with Crippen LogP contribution in [0.1, 0.15) is 0 Å². The SMILES string of the molecule is C=CNNC(=O)COc1ccc2cc(Br)ccc2c1. The van der Waals surface area contributed by atoms with Crippen molar-refractivity contribution in [1.29, 1.82) is 0 Å². The molecule has 2 N–H and O–H groups in total. The first kappa shape index (κ1) is 13.4. The van der Waals surface area contributed by atoms with Gasteiger partial charge in [0.05, 0.1) is 0 Å². The number of benzene rings is 2. The number of rotatable bonds is 5. The monoisotopic (exact) mass is 320 g/mol. The molecule has 0 saturated carbocycles. The van der Waals surface area contributed by atoms with Crippen LogP contribution in [0.3, 0.4) is 0 Å². The van der Waals surface area contributed by atoms with Crippen LogP contribution in [0.2, 0.25) is 0 Å². The summed E-state index contributed by atoms with van der Waals surface area (Å²) in [6.45, 7) is 3.37. The number of carbonyl (C=O) groups excluding carboxylic acids is 1. The maximum Gasteiger partial charge on any atom is 0.276 e. The molecule has 0 saturated heterocycles. The van der Waals surface area contributed by atoms with Crippen molar-refractivity contribution in [1.82, 2.24) is 10.9 Å². The maximum absolute atomic E-state index is 11.3. The molecule has 0 aliphatic carbocycles. The van der Waals surface area contributed by atoms with Gasteiger partial charge in [0.15, 0.2) is 6.61 Å². The predicted molar refractivity (Wildman–Crippen MR) is 78.6 cm³/mol. The Labute approximate surface area is 119 Å². The van der Waals surface area contributed by atoms with Crippen molar-refractivity contribution >= 4 is 32.6 Å². The van der Waals surface area contributed by atoms with Crippen LogP contribution in [0.15, 0.2) is 53.6 Å². The highest BCUT2D eigenvalue weighted by Crippen LogP contribution is 2.23. The van der Waals surface area contributed by atoms with Crippen LogP contribution in [0.5, 0.6) is 5.75 Å². The number of nitrogens with one attached hydrogen (secondary N) is 2. The van der Waals surface area contributed by atoms with Crippen molar-refractivity contribution in [2.45, 2.75) is 0 Å². The van der Waals surface area contributed by atoms with Crippen molar-refractivity contribution in [2.75, 3.05) is 6.61 Å². The van der Waals surface area contributed by atoms with E-state index < -0.39 is 0 Å². The van der Waals surface area contributed by atoms with Gasteiger partial charge in [-0.1, -0.05) is 34.6 Å². The van der Waals surface area contributed by atoms with Gasteiger partial charge in [-0.2, -0.15) is 0 Å². The number of hydrazine groups is 1. The number of amides is 1. The number of hydrogen-bond acceptors (Lipinski definition) is 3. The van der Waals surface area contributed by atoms with E-state index in [0.717, 1.165) is 15.2 Å². The fourth-order valence-electron chi connectivity index (χ4n) is 1.60. The van der Waals surface area contributed by atoms with E-state index in [4.69, 9.17) is 4.74 Å². The average Bonchev–Trinajstić information content (AvgIpc) is 2.42. The summed E-state index contributed by atoms with van der Waals surface area (Å²) in [5.74, 6) is 0.388. The Bertz CT molecular complexity index is 613. The fraction of sp³-hybridized carbons (Fsp3) is 0.0714. The Hall–Kier alpha value is -2.01. The third kappa shape index (κ3) is 3.72. The van der Waals surface area contributed by atoms with Crippen molar-refractivity contribution in [3.8, 4) is 5.75 Å². The molecule has 2 aromatic rings. The number of halogens is 1. The maximum atomic E-state index is 11.3. The third-order valence-corrected chi connectivity index (χ3v) is 2.95. The zero-order chi connectivity index (χ0) is 13.7. The van der Waals surface area contributed by atoms with E-state index in [1.54, 1.807) is 0 Å². The minimum absolute atomic E-state index is 0.0527. The van der Waals surface area contributed by atoms with Gasteiger partial charge in [-0.05, 0) is 35.0 Å². The molecule has 98 valence electrons. The normalized spacial score (nSPS) is 9.95. The highest BCUT2D eigenvalue weighted by molar-refractivity contribution is 9.10. The highest BCUT2D eigenvalue weighted by atomic mass is 79.9. The van der Waals surface area contributed by atoms with Crippen LogP contribution in [-0.4, -0.2) is 12.5 Å². The summed E-state index contributed by atoms with van der Waals surface area (Å²) in [4.78, 5) is 11.3. The van der Waals surface area contributed by atoms with Gasteiger partial charge in [-0.3, -0.25) is 10.2 Å². The Morgan fingerprint density at radius 3 is 2.79 bits per heavy atom. The summed E-state index contributed by atoms with van der Waals surface area (Å²) in [5, 5.41) is 2.17. The molecule has 5 heteroatoms. The van der Waals surface area contributed by atoms with E-state index in [1.807, 2.05) is 36.4 Å². The quantitative estimate of drug-likeness (QED) is 0.833. The van der Waals surface area contributed by atoms with E-state index in [0.29, 0.717) is 5.75 Å². The van der Waals surface area contributed by atoms with Gasteiger partial charge in [-0.25, -0.2) is 0 Å². The molecular weight excluding hydrogens is 308 g/mol. The summed E-state index contributed by atoms with van der Waals surface area (Å²) in [6, 6.07) is 11.7. The van der Waals surface area contributed by atoms with Gasteiger partial charge in [-0.15, -0.1) is 0 Å². The smallest absolute Gasteiger partial charge is 0.276 e. The summed E-state index contributed by atoms with van der Waals surface area (Å²) in [5.41, 5.74) is 4.91. The van der Waals surface area contributed by atoms with Gasteiger partial charge in [0.1, 0.15) is 5.75 Å². The van der Waals surface area contributed by atoms with Crippen LogP contribution in [-0.2, 0) is 4.79 Å².